The summed E-state index contributed by atoms with van der Waals surface area (Å²) in [7, 11) is -4.06. The number of aliphatic hydroxyl groups is 5. The van der Waals surface area contributed by atoms with Crippen molar-refractivity contribution in [3.63, 3.8) is 0 Å². The van der Waals surface area contributed by atoms with Crippen LogP contribution in [0, 0.1) is 0 Å². The Labute approximate surface area is 220 Å². The summed E-state index contributed by atoms with van der Waals surface area (Å²) in [6.07, 6.45) is 2.56. The highest BCUT2D eigenvalue weighted by Crippen LogP contribution is 2.24. The van der Waals surface area contributed by atoms with Crippen molar-refractivity contribution in [2.24, 2.45) is 0 Å². The van der Waals surface area contributed by atoms with E-state index < -0.39 is 53.2 Å². The van der Waals surface area contributed by atoms with Gasteiger partial charge in [-0.1, -0.05) is 44.9 Å². The Bertz CT molecular complexity index is 721. The fraction of sp³-hybridized carbons (Fsp3) is 0.958. The summed E-state index contributed by atoms with van der Waals surface area (Å²) in [4.78, 5) is 11.6. The third-order valence-corrected chi connectivity index (χ3v) is 7.21. The molecule has 0 aromatic rings. The lowest BCUT2D eigenvalue weighted by Gasteiger charge is -2.40. The van der Waals surface area contributed by atoms with E-state index in [0.29, 0.717) is 19.3 Å². The first kappa shape index (κ1) is 34.1. The highest BCUT2D eigenvalue weighted by Gasteiger charge is 2.44. The van der Waals surface area contributed by atoms with E-state index in [1.54, 1.807) is 0 Å². The molecular weight excluding hydrogens is 510 g/mol. The Kier molecular flexibility index (Phi) is 17.0. The van der Waals surface area contributed by atoms with Gasteiger partial charge in [0.05, 0.1) is 24.6 Å². The van der Waals surface area contributed by atoms with E-state index in [1.165, 1.54) is 0 Å². The van der Waals surface area contributed by atoms with E-state index in [1.807, 2.05) is 6.92 Å². The second-order valence-corrected chi connectivity index (χ2v) is 11.5. The Morgan fingerprint density at radius 2 is 1.49 bits per heavy atom. The lowest BCUT2D eigenvalue weighted by atomic mass is 9.99. The van der Waals surface area contributed by atoms with E-state index >= 15 is 0 Å². The smallest absolute Gasteiger partial charge is 0.266 e. The molecule has 0 bridgehead atoms. The molecule has 1 amide bonds. The van der Waals surface area contributed by atoms with E-state index in [4.69, 9.17) is 14.0 Å². The molecule has 12 nitrogen and oxygen atoms in total. The maximum absolute atomic E-state index is 11.6. The predicted molar refractivity (Wildman–Crippen MR) is 135 cm³/mol. The van der Waals surface area contributed by atoms with E-state index in [2.05, 4.69) is 5.32 Å². The number of ether oxygens (including phenoxy) is 2. The molecule has 7 N–H and O–H groups in total. The molecule has 7 atom stereocenters. The van der Waals surface area contributed by atoms with Gasteiger partial charge in [-0.05, 0) is 32.6 Å². The third-order valence-electron chi connectivity index (χ3n) is 6.49. The Morgan fingerprint density at radius 3 is 2.05 bits per heavy atom. The highest BCUT2D eigenvalue weighted by atomic mass is 32.2. The quantitative estimate of drug-likeness (QED) is 0.0798. The van der Waals surface area contributed by atoms with Gasteiger partial charge in [-0.3, -0.25) is 9.35 Å². The average Bonchev–Trinajstić information content (AvgIpc) is 2.83. The summed E-state index contributed by atoms with van der Waals surface area (Å²) in [6.45, 7) is 1.24. The topological polar surface area (TPSA) is 203 Å². The number of amides is 1. The number of hydrogen-bond acceptors (Lipinski definition) is 10. The molecule has 1 rings (SSSR count). The molecule has 0 radical (unpaired) electrons. The van der Waals surface area contributed by atoms with Crippen molar-refractivity contribution in [2.45, 2.75) is 127 Å². The Balaban J connectivity index is 2.00. The lowest BCUT2D eigenvalue weighted by Crippen LogP contribution is -2.59. The second kappa shape index (κ2) is 18.4. The van der Waals surface area contributed by atoms with Gasteiger partial charge in [-0.2, -0.15) is 8.42 Å². The van der Waals surface area contributed by atoms with Gasteiger partial charge in [0.25, 0.3) is 10.1 Å². The van der Waals surface area contributed by atoms with Crippen LogP contribution in [0.15, 0.2) is 0 Å². The van der Waals surface area contributed by atoms with Crippen LogP contribution in [0.2, 0.25) is 0 Å². The van der Waals surface area contributed by atoms with Gasteiger partial charge >= 0.3 is 0 Å². The molecule has 0 unspecified atom stereocenters. The van der Waals surface area contributed by atoms with Gasteiger partial charge in [-0.25, -0.2) is 0 Å². The number of rotatable bonds is 20. The molecule has 1 fully saturated rings. The number of carbonyl (C=O) groups excluding carboxylic acids is 1. The van der Waals surface area contributed by atoms with E-state index in [-0.39, 0.29) is 24.7 Å². The number of hydrogen-bond donors (Lipinski definition) is 7. The van der Waals surface area contributed by atoms with Crippen molar-refractivity contribution in [3.05, 3.63) is 0 Å². The molecule has 0 aromatic carbocycles. The minimum absolute atomic E-state index is 0.0984. The van der Waals surface area contributed by atoms with Gasteiger partial charge in [0, 0.05) is 13.0 Å². The molecule has 1 aliphatic heterocycles. The zero-order valence-electron chi connectivity index (χ0n) is 21.8. The minimum Gasteiger partial charge on any atom is -0.394 e. The standard InChI is InChI=1S/C24H47NO11S/c1-17(35-24-23(31)22(30)21(29)19(16-26)36-24)10-6-2-3-7-11-18(27)12-8-4-5-9-13-20(28)25-14-15-37(32,33)34/h17-19,21-24,26-27,29-31H,2-16H2,1H3,(H,25,28)(H,32,33,34)/t17-,18-,19-,21-,22+,23-,24-/m1/s1. The summed E-state index contributed by atoms with van der Waals surface area (Å²) in [5, 5.41) is 51.5. The first-order valence-corrected chi connectivity index (χ1v) is 14.9. The number of unbranched alkanes of at least 4 members (excludes halogenated alkanes) is 6. The van der Waals surface area contributed by atoms with Crippen LogP contribution < -0.4 is 5.32 Å². The predicted octanol–water partition coefficient (Wildman–Crippen LogP) is 0.238. The van der Waals surface area contributed by atoms with E-state index in [9.17, 15) is 38.7 Å². The number of carbonyl (C=O) groups is 1. The van der Waals surface area contributed by atoms with Crippen LogP contribution in [-0.2, 0) is 24.4 Å². The maximum atomic E-state index is 11.6. The molecule has 13 heteroatoms. The molecule has 0 aliphatic carbocycles. The Hall–Kier alpha value is -0.900. The van der Waals surface area contributed by atoms with Gasteiger partial charge in [0.15, 0.2) is 6.29 Å². The monoisotopic (exact) mass is 557 g/mol. The molecule has 1 aliphatic rings. The first-order valence-electron chi connectivity index (χ1n) is 13.3. The fourth-order valence-corrected chi connectivity index (χ4v) is 4.57. The Morgan fingerprint density at radius 1 is 0.919 bits per heavy atom. The van der Waals surface area contributed by atoms with Crippen molar-refractivity contribution < 1.29 is 52.8 Å². The van der Waals surface area contributed by atoms with Crippen molar-refractivity contribution in [3.8, 4) is 0 Å². The molecule has 0 saturated carbocycles. The van der Waals surface area contributed by atoms with Crippen LogP contribution in [0.25, 0.3) is 0 Å². The summed E-state index contributed by atoms with van der Waals surface area (Å²) >= 11 is 0. The molecule has 220 valence electrons. The average molecular weight is 558 g/mol. The molecule has 0 spiro atoms. The maximum Gasteiger partial charge on any atom is 0.266 e. The molecule has 1 heterocycles. The van der Waals surface area contributed by atoms with Crippen LogP contribution in [-0.4, -0.2) is 106 Å². The SMILES string of the molecule is C[C@H](CCCCCC[C@@H](O)CCCCCCC(=O)NCCS(=O)(=O)O)O[C@@H]1O[C@H](CO)[C@@H](O)[C@H](O)[C@H]1O. The van der Waals surface area contributed by atoms with Crippen LogP contribution in [0.5, 0.6) is 0 Å². The molecular formula is C24H47NO11S. The van der Waals surface area contributed by atoms with Gasteiger partial charge in [-0.15, -0.1) is 0 Å². The molecule has 1 saturated heterocycles. The zero-order valence-corrected chi connectivity index (χ0v) is 22.6. The van der Waals surface area contributed by atoms with Crippen molar-refractivity contribution in [1.82, 2.24) is 5.32 Å². The summed E-state index contributed by atoms with van der Waals surface area (Å²) in [6, 6.07) is 0. The van der Waals surface area contributed by atoms with Crippen molar-refractivity contribution in [2.75, 3.05) is 18.9 Å². The first-order chi connectivity index (χ1) is 17.4. The lowest BCUT2D eigenvalue weighted by molar-refractivity contribution is -0.310. The largest absolute Gasteiger partial charge is 0.394 e. The second-order valence-electron chi connectivity index (χ2n) is 9.88. The normalized spacial score (nSPS) is 26.1. The summed E-state index contributed by atoms with van der Waals surface area (Å²) in [5.74, 6) is -0.728. The van der Waals surface area contributed by atoms with Gasteiger partial charge < -0.3 is 40.3 Å². The van der Waals surface area contributed by atoms with Crippen molar-refractivity contribution in [1.29, 1.82) is 0 Å². The van der Waals surface area contributed by atoms with Crippen LogP contribution >= 0.6 is 0 Å². The fourth-order valence-electron chi connectivity index (χ4n) is 4.21. The van der Waals surface area contributed by atoms with E-state index in [0.717, 1.165) is 57.8 Å². The van der Waals surface area contributed by atoms with Gasteiger partial charge in [0.1, 0.15) is 24.4 Å². The molecule has 0 aromatic heterocycles. The number of aliphatic hydroxyl groups excluding tert-OH is 5. The van der Waals surface area contributed by atoms with Gasteiger partial charge in [0.2, 0.25) is 5.91 Å². The summed E-state index contributed by atoms with van der Waals surface area (Å²) < 4.78 is 40.8. The number of nitrogens with one attached hydrogen (secondary N) is 1. The third kappa shape index (κ3) is 15.3. The minimum atomic E-state index is -4.06. The van der Waals surface area contributed by atoms with Crippen molar-refractivity contribution >= 4 is 16.0 Å². The van der Waals surface area contributed by atoms with Crippen LogP contribution in [0.3, 0.4) is 0 Å². The zero-order chi connectivity index (χ0) is 27.8. The molecule has 37 heavy (non-hydrogen) atoms. The van der Waals surface area contributed by atoms with Crippen LogP contribution in [0.1, 0.15) is 84.0 Å². The summed E-state index contributed by atoms with van der Waals surface area (Å²) in [5.41, 5.74) is 0. The highest BCUT2D eigenvalue weighted by molar-refractivity contribution is 7.85. The van der Waals surface area contributed by atoms with Crippen LogP contribution in [0.4, 0.5) is 0 Å².